The molecule has 2 rings (SSSR count). The largest absolute Gasteiger partial charge is 0.360 e. The molecule has 2 aromatic rings. The van der Waals surface area contributed by atoms with Gasteiger partial charge in [0.05, 0.1) is 0 Å². The van der Waals surface area contributed by atoms with Gasteiger partial charge < -0.3 is 4.98 Å². The smallest absolute Gasteiger partial charge is 0.168 e. The van der Waals surface area contributed by atoms with E-state index in [9.17, 15) is 4.79 Å². The van der Waals surface area contributed by atoms with E-state index < -0.39 is 0 Å². The van der Waals surface area contributed by atoms with Crippen molar-refractivity contribution < 1.29 is 4.79 Å². The maximum absolute atomic E-state index is 12.3. The molecule has 17 heavy (non-hydrogen) atoms. The molecule has 0 bridgehead atoms. The summed E-state index contributed by atoms with van der Waals surface area (Å²) in [6.45, 7) is 6.21. The molecule has 1 heterocycles. The molecular formula is C15H19NO. The molecular weight excluding hydrogens is 210 g/mol. The summed E-state index contributed by atoms with van der Waals surface area (Å²) in [6, 6.07) is 6.18. The van der Waals surface area contributed by atoms with Crippen molar-refractivity contribution >= 4 is 16.7 Å². The first-order valence-corrected chi connectivity index (χ1v) is 6.29. The highest BCUT2D eigenvalue weighted by Gasteiger charge is 2.19. The molecule has 2 heteroatoms. The van der Waals surface area contributed by atoms with Gasteiger partial charge >= 0.3 is 0 Å². The zero-order chi connectivity index (χ0) is 12.4. The fraction of sp³-hybridized carbons (Fsp3) is 0.400. The minimum atomic E-state index is 0.148. The summed E-state index contributed by atoms with van der Waals surface area (Å²) >= 11 is 0. The molecule has 0 saturated carbocycles. The van der Waals surface area contributed by atoms with Crippen LogP contribution in [0.4, 0.5) is 0 Å². The van der Waals surface area contributed by atoms with Crippen LogP contribution in [0.2, 0.25) is 0 Å². The minimum Gasteiger partial charge on any atom is -0.360 e. The molecule has 90 valence electrons. The maximum atomic E-state index is 12.3. The van der Waals surface area contributed by atoms with Gasteiger partial charge in [-0.1, -0.05) is 26.0 Å². The number of nitrogens with one attached hydrogen (secondary N) is 1. The lowest BCUT2D eigenvalue weighted by atomic mass is 9.93. The fourth-order valence-electron chi connectivity index (χ4n) is 2.32. The summed E-state index contributed by atoms with van der Waals surface area (Å²) < 4.78 is 0. The van der Waals surface area contributed by atoms with Crippen LogP contribution in [-0.2, 0) is 0 Å². The number of carbonyl (C=O) groups excluding carboxylic acids is 1. The zero-order valence-corrected chi connectivity index (χ0v) is 10.7. The van der Waals surface area contributed by atoms with Crippen molar-refractivity contribution in [3.63, 3.8) is 0 Å². The zero-order valence-electron chi connectivity index (χ0n) is 10.7. The van der Waals surface area contributed by atoms with Crippen molar-refractivity contribution in [2.45, 2.75) is 33.6 Å². The van der Waals surface area contributed by atoms with Gasteiger partial charge in [-0.2, -0.15) is 0 Å². The van der Waals surface area contributed by atoms with Crippen molar-refractivity contribution in [3.05, 3.63) is 35.5 Å². The summed E-state index contributed by atoms with van der Waals surface area (Å²) in [6.07, 6.45) is 3.67. The van der Waals surface area contributed by atoms with E-state index in [1.807, 2.05) is 12.3 Å². The Morgan fingerprint density at radius 3 is 2.65 bits per heavy atom. The number of fused-ring (bicyclic) bond motifs is 1. The van der Waals surface area contributed by atoms with E-state index >= 15 is 0 Å². The molecule has 0 unspecified atom stereocenters. The van der Waals surface area contributed by atoms with E-state index in [0.717, 1.165) is 29.3 Å². The standard InChI is InChI=1S/C15H19NO/c1-4-11(5-2)15(17)13-9-16-14-8-10(3)6-7-12(13)14/h6-9,11,16H,4-5H2,1-3H3. The van der Waals surface area contributed by atoms with Crippen LogP contribution >= 0.6 is 0 Å². The molecule has 0 aliphatic heterocycles. The van der Waals surface area contributed by atoms with E-state index in [-0.39, 0.29) is 11.7 Å². The molecule has 0 radical (unpaired) electrons. The molecule has 1 N–H and O–H groups in total. The molecule has 0 atom stereocenters. The third-order valence-corrected chi connectivity index (χ3v) is 3.46. The fourth-order valence-corrected chi connectivity index (χ4v) is 2.32. The third kappa shape index (κ3) is 2.12. The number of aryl methyl sites for hydroxylation is 1. The van der Waals surface area contributed by atoms with Crippen molar-refractivity contribution in [1.82, 2.24) is 4.98 Å². The summed E-state index contributed by atoms with van der Waals surface area (Å²) in [5, 5.41) is 1.05. The molecule has 0 fully saturated rings. The second kappa shape index (κ2) is 4.74. The van der Waals surface area contributed by atoms with Crippen LogP contribution in [0.3, 0.4) is 0 Å². The lowest BCUT2D eigenvalue weighted by Crippen LogP contribution is -2.12. The Morgan fingerprint density at radius 1 is 1.29 bits per heavy atom. The summed E-state index contributed by atoms with van der Waals surface area (Å²) in [4.78, 5) is 15.5. The number of ketones is 1. The number of aromatic nitrogens is 1. The molecule has 0 spiro atoms. The highest BCUT2D eigenvalue weighted by molar-refractivity contribution is 6.08. The number of Topliss-reactive ketones (excluding diaryl/α,β-unsaturated/α-hetero) is 1. The van der Waals surface area contributed by atoms with E-state index in [0.29, 0.717) is 0 Å². The highest BCUT2D eigenvalue weighted by atomic mass is 16.1. The Hall–Kier alpha value is -1.57. The predicted octanol–water partition coefficient (Wildman–Crippen LogP) is 4.10. The number of rotatable bonds is 4. The number of carbonyl (C=O) groups is 1. The van der Waals surface area contributed by atoms with Gasteiger partial charge in [-0.3, -0.25) is 4.79 Å². The summed E-state index contributed by atoms with van der Waals surface area (Å²) in [5.74, 6) is 0.417. The van der Waals surface area contributed by atoms with E-state index in [1.165, 1.54) is 5.56 Å². The second-order valence-electron chi connectivity index (χ2n) is 4.63. The first-order valence-electron chi connectivity index (χ1n) is 6.29. The van der Waals surface area contributed by atoms with Gasteiger partial charge in [-0.25, -0.2) is 0 Å². The van der Waals surface area contributed by atoms with Crippen LogP contribution in [0, 0.1) is 12.8 Å². The van der Waals surface area contributed by atoms with Gasteiger partial charge in [0.25, 0.3) is 0 Å². The van der Waals surface area contributed by atoms with Crippen molar-refractivity contribution in [3.8, 4) is 0 Å². The Labute approximate surface area is 102 Å². The summed E-state index contributed by atoms with van der Waals surface area (Å²) in [5.41, 5.74) is 3.11. The SMILES string of the molecule is CCC(CC)C(=O)c1c[nH]c2cc(C)ccc12. The van der Waals surface area contributed by atoms with Crippen LogP contribution in [0.15, 0.2) is 24.4 Å². The summed E-state index contributed by atoms with van der Waals surface area (Å²) in [7, 11) is 0. The average molecular weight is 229 g/mol. The molecule has 0 aliphatic carbocycles. The van der Waals surface area contributed by atoms with Crippen LogP contribution in [0.1, 0.15) is 42.6 Å². The maximum Gasteiger partial charge on any atom is 0.168 e. The molecule has 1 aromatic carbocycles. The molecule has 0 amide bonds. The number of benzene rings is 1. The Morgan fingerprint density at radius 2 is 2.00 bits per heavy atom. The van der Waals surface area contributed by atoms with Gasteiger partial charge in [0.1, 0.15) is 0 Å². The van der Waals surface area contributed by atoms with Crippen molar-refractivity contribution in [2.24, 2.45) is 5.92 Å². The van der Waals surface area contributed by atoms with Crippen molar-refractivity contribution in [2.75, 3.05) is 0 Å². The molecule has 0 aliphatic rings. The lowest BCUT2D eigenvalue weighted by Gasteiger charge is -2.09. The van der Waals surface area contributed by atoms with Crippen LogP contribution in [-0.4, -0.2) is 10.8 Å². The topological polar surface area (TPSA) is 32.9 Å². The van der Waals surface area contributed by atoms with Gasteiger partial charge in [0.2, 0.25) is 0 Å². The van der Waals surface area contributed by atoms with Crippen LogP contribution in [0.25, 0.3) is 10.9 Å². The number of aromatic amines is 1. The Bertz CT molecular complexity index is 535. The Kier molecular flexibility index (Phi) is 3.32. The number of hydrogen-bond donors (Lipinski definition) is 1. The minimum absolute atomic E-state index is 0.148. The monoisotopic (exact) mass is 229 g/mol. The molecule has 0 saturated heterocycles. The van der Waals surface area contributed by atoms with Gasteiger partial charge in [-0.05, 0) is 31.4 Å². The lowest BCUT2D eigenvalue weighted by molar-refractivity contribution is 0.0915. The number of H-pyrrole nitrogens is 1. The van der Waals surface area contributed by atoms with Crippen LogP contribution in [0.5, 0.6) is 0 Å². The normalized spacial score (nSPS) is 11.3. The van der Waals surface area contributed by atoms with E-state index in [4.69, 9.17) is 0 Å². The second-order valence-corrected chi connectivity index (χ2v) is 4.63. The molecule has 2 nitrogen and oxygen atoms in total. The predicted molar refractivity (Wildman–Crippen MR) is 71.4 cm³/mol. The van der Waals surface area contributed by atoms with Crippen LogP contribution < -0.4 is 0 Å². The average Bonchev–Trinajstić information content (AvgIpc) is 2.73. The van der Waals surface area contributed by atoms with Gasteiger partial charge in [-0.15, -0.1) is 0 Å². The van der Waals surface area contributed by atoms with Crippen molar-refractivity contribution in [1.29, 1.82) is 0 Å². The Balaban J connectivity index is 2.46. The van der Waals surface area contributed by atoms with Gasteiger partial charge in [0, 0.05) is 28.6 Å². The quantitative estimate of drug-likeness (QED) is 0.787. The first-order chi connectivity index (χ1) is 8.17. The van der Waals surface area contributed by atoms with E-state index in [1.54, 1.807) is 0 Å². The first kappa shape index (κ1) is 11.9. The highest BCUT2D eigenvalue weighted by Crippen LogP contribution is 2.24. The van der Waals surface area contributed by atoms with Gasteiger partial charge in [0.15, 0.2) is 5.78 Å². The molecule has 1 aromatic heterocycles. The van der Waals surface area contributed by atoms with E-state index in [2.05, 4.69) is 37.9 Å². The third-order valence-electron chi connectivity index (χ3n) is 3.46. The number of hydrogen-bond acceptors (Lipinski definition) is 1.